The Kier molecular flexibility index (Phi) is 5.99. The van der Waals surface area contributed by atoms with Gasteiger partial charge in [0.1, 0.15) is 6.54 Å². The SMILES string of the molecule is COC(=O)CN1C(=O)CSc2ccc(S(=O)(=O)Nc3cccc(C(F)(F)F)c3)cc21. The smallest absolute Gasteiger partial charge is 0.416 e. The van der Waals surface area contributed by atoms with E-state index in [-0.39, 0.29) is 22.0 Å². The Morgan fingerprint density at radius 1 is 1.23 bits per heavy atom. The summed E-state index contributed by atoms with van der Waals surface area (Å²) >= 11 is 1.18. The molecule has 1 aliphatic heterocycles. The summed E-state index contributed by atoms with van der Waals surface area (Å²) in [5.74, 6) is -1.02. The van der Waals surface area contributed by atoms with Gasteiger partial charge in [-0.15, -0.1) is 11.8 Å². The number of anilines is 2. The van der Waals surface area contributed by atoms with Crippen LogP contribution >= 0.6 is 11.8 Å². The maximum atomic E-state index is 12.9. The van der Waals surface area contributed by atoms with E-state index in [0.717, 1.165) is 24.1 Å². The summed E-state index contributed by atoms with van der Waals surface area (Å²) in [7, 11) is -3.11. The number of methoxy groups -OCH3 is 1. The first-order valence-electron chi connectivity index (χ1n) is 8.35. The molecular weight excluding hydrogens is 445 g/mol. The Morgan fingerprint density at radius 2 is 1.97 bits per heavy atom. The summed E-state index contributed by atoms with van der Waals surface area (Å²) in [6.07, 6.45) is -4.63. The maximum absolute atomic E-state index is 12.9. The molecule has 0 spiro atoms. The lowest BCUT2D eigenvalue weighted by Gasteiger charge is -2.28. The van der Waals surface area contributed by atoms with Gasteiger partial charge in [-0.25, -0.2) is 8.42 Å². The average Bonchev–Trinajstić information content (AvgIpc) is 2.68. The molecule has 160 valence electrons. The predicted molar refractivity (Wildman–Crippen MR) is 104 cm³/mol. The second-order valence-corrected chi connectivity index (χ2v) is 8.86. The molecule has 2 aromatic rings. The largest absolute Gasteiger partial charge is 0.468 e. The number of ether oxygens (including phenoxy) is 1. The van der Waals surface area contributed by atoms with E-state index in [1.807, 2.05) is 0 Å². The molecule has 12 heteroatoms. The fourth-order valence-corrected chi connectivity index (χ4v) is 4.67. The van der Waals surface area contributed by atoms with Gasteiger partial charge in [0.2, 0.25) is 5.91 Å². The summed E-state index contributed by atoms with van der Waals surface area (Å²) < 4.78 is 70.7. The quantitative estimate of drug-likeness (QED) is 0.690. The van der Waals surface area contributed by atoms with Crippen molar-refractivity contribution < 1.29 is 35.9 Å². The van der Waals surface area contributed by atoms with E-state index < -0.39 is 40.2 Å². The van der Waals surface area contributed by atoms with E-state index in [2.05, 4.69) is 9.46 Å². The second-order valence-electron chi connectivity index (χ2n) is 6.16. The molecule has 2 aromatic carbocycles. The number of amides is 1. The van der Waals surface area contributed by atoms with Gasteiger partial charge in [-0.2, -0.15) is 13.2 Å². The molecule has 0 aromatic heterocycles. The zero-order valence-electron chi connectivity index (χ0n) is 15.4. The number of nitrogens with one attached hydrogen (secondary N) is 1. The predicted octanol–water partition coefficient (Wildman–Crippen LogP) is 3.12. The minimum absolute atomic E-state index is 0.0680. The number of benzene rings is 2. The first-order valence-corrected chi connectivity index (χ1v) is 10.8. The van der Waals surface area contributed by atoms with Crippen molar-refractivity contribution in [3.8, 4) is 0 Å². The summed E-state index contributed by atoms with van der Waals surface area (Å²) in [5, 5.41) is 0. The molecule has 0 saturated heterocycles. The lowest BCUT2D eigenvalue weighted by molar-refractivity contribution is -0.140. The number of carbonyl (C=O) groups is 2. The lowest BCUT2D eigenvalue weighted by Crippen LogP contribution is -2.39. The van der Waals surface area contributed by atoms with Crippen molar-refractivity contribution in [3.63, 3.8) is 0 Å². The molecular formula is C18H15F3N2O5S2. The van der Waals surface area contributed by atoms with E-state index in [0.29, 0.717) is 11.0 Å². The van der Waals surface area contributed by atoms with Crippen molar-refractivity contribution in [2.24, 2.45) is 0 Å². The number of sulfonamides is 1. The van der Waals surface area contributed by atoms with Gasteiger partial charge < -0.3 is 4.74 Å². The second kappa shape index (κ2) is 8.19. The molecule has 1 amide bonds. The molecule has 0 aliphatic carbocycles. The van der Waals surface area contributed by atoms with Crippen molar-refractivity contribution >= 4 is 45.0 Å². The highest BCUT2D eigenvalue weighted by Crippen LogP contribution is 2.37. The molecule has 0 unspecified atom stereocenters. The molecule has 30 heavy (non-hydrogen) atoms. The fourth-order valence-electron chi connectivity index (χ4n) is 2.69. The number of fused-ring (bicyclic) bond motifs is 1. The highest BCUT2D eigenvalue weighted by Gasteiger charge is 2.31. The third kappa shape index (κ3) is 4.70. The van der Waals surface area contributed by atoms with Crippen LogP contribution in [0.4, 0.5) is 24.5 Å². The standard InChI is InChI=1S/C18H15F3N2O5S2/c1-28-17(25)9-23-14-8-13(5-6-15(14)29-10-16(23)24)30(26,27)22-12-4-2-3-11(7-12)18(19,20)21/h2-8,22H,9-10H2,1H3. The van der Waals surface area contributed by atoms with Gasteiger partial charge in [-0.3, -0.25) is 19.2 Å². The summed E-state index contributed by atoms with van der Waals surface area (Å²) in [4.78, 5) is 25.3. The summed E-state index contributed by atoms with van der Waals surface area (Å²) in [6, 6.07) is 7.71. The lowest BCUT2D eigenvalue weighted by atomic mass is 10.2. The van der Waals surface area contributed by atoms with Gasteiger partial charge in [0, 0.05) is 10.6 Å². The van der Waals surface area contributed by atoms with Gasteiger partial charge in [-0.05, 0) is 36.4 Å². The third-order valence-corrected chi connectivity index (χ3v) is 6.57. The Labute approximate surface area is 174 Å². The van der Waals surface area contributed by atoms with Crippen molar-refractivity contribution in [2.75, 3.05) is 29.0 Å². The zero-order valence-corrected chi connectivity index (χ0v) is 17.0. The molecule has 3 rings (SSSR count). The molecule has 0 saturated carbocycles. The Morgan fingerprint density at radius 3 is 2.63 bits per heavy atom. The third-order valence-electron chi connectivity index (χ3n) is 4.14. The van der Waals surface area contributed by atoms with Gasteiger partial charge in [-0.1, -0.05) is 6.07 Å². The number of hydrogen-bond donors (Lipinski definition) is 1. The van der Waals surface area contributed by atoms with E-state index in [9.17, 15) is 31.2 Å². The Hall–Kier alpha value is -2.73. The number of esters is 1. The molecule has 0 fully saturated rings. The highest BCUT2D eigenvalue weighted by molar-refractivity contribution is 8.00. The molecule has 1 aliphatic rings. The van der Waals surface area contributed by atoms with Crippen LogP contribution in [0, 0.1) is 0 Å². The topological polar surface area (TPSA) is 92.8 Å². The molecule has 7 nitrogen and oxygen atoms in total. The number of alkyl halides is 3. The van der Waals surface area contributed by atoms with Crippen LogP contribution in [0.3, 0.4) is 0 Å². The maximum Gasteiger partial charge on any atom is 0.416 e. The summed E-state index contributed by atoms with van der Waals surface area (Å²) in [5.41, 5.74) is -1.06. The first kappa shape index (κ1) is 22.0. The minimum Gasteiger partial charge on any atom is -0.468 e. The zero-order chi connectivity index (χ0) is 22.1. The number of hydrogen-bond acceptors (Lipinski definition) is 6. The van der Waals surface area contributed by atoms with Crippen LogP contribution in [-0.4, -0.2) is 39.7 Å². The van der Waals surface area contributed by atoms with Crippen LogP contribution < -0.4 is 9.62 Å². The van der Waals surface area contributed by atoms with Crippen LogP contribution in [0.5, 0.6) is 0 Å². The van der Waals surface area contributed by atoms with Crippen LogP contribution in [0.15, 0.2) is 52.3 Å². The van der Waals surface area contributed by atoms with E-state index >= 15 is 0 Å². The van der Waals surface area contributed by atoms with E-state index in [1.165, 1.54) is 36.0 Å². The van der Waals surface area contributed by atoms with Crippen molar-refractivity contribution in [2.45, 2.75) is 16.0 Å². The van der Waals surface area contributed by atoms with Crippen molar-refractivity contribution in [3.05, 3.63) is 48.0 Å². The molecule has 0 radical (unpaired) electrons. The first-order chi connectivity index (χ1) is 14.0. The van der Waals surface area contributed by atoms with Crippen LogP contribution in [-0.2, 0) is 30.5 Å². The monoisotopic (exact) mass is 460 g/mol. The van der Waals surface area contributed by atoms with Crippen LogP contribution in [0.25, 0.3) is 0 Å². The normalized spacial score (nSPS) is 14.3. The average molecular weight is 460 g/mol. The molecule has 1 heterocycles. The van der Waals surface area contributed by atoms with Crippen LogP contribution in [0.1, 0.15) is 5.56 Å². The number of carbonyl (C=O) groups excluding carboxylic acids is 2. The minimum atomic E-state index is -4.63. The van der Waals surface area contributed by atoms with E-state index in [4.69, 9.17) is 0 Å². The van der Waals surface area contributed by atoms with Crippen molar-refractivity contribution in [1.29, 1.82) is 0 Å². The Balaban J connectivity index is 1.94. The van der Waals surface area contributed by atoms with Gasteiger partial charge in [0.25, 0.3) is 10.0 Å². The fraction of sp³-hybridized carbons (Fsp3) is 0.222. The molecule has 0 atom stereocenters. The molecule has 1 N–H and O–H groups in total. The highest BCUT2D eigenvalue weighted by atomic mass is 32.2. The van der Waals surface area contributed by atoms with Gasteiger partial charge >= 0.3 is 12.1 Å². The number of halogens is 3. The molecule has 0 bridgehead atoms. The summed E-state index contributed by atoms with van der Waals surface area (Å²) in [6.45, 7) is -0.395. The van der Waals surface area contributed by atoms with Gasteiger partial charge in [0.15, 0.2) is 0 Å². The number of nitrogens with zero attached hydrogens (tertiary/aromatic N) is 1. The number of rotatable bonds is 5. The van der Waals surface area contributed by atoms with Crippen LogP contribution in [0.2, 0.25) is 0 Å². The number of thioether (sulfide) groups is 1. The van der Waals surface area contributed by atoms with Gasteiger partial charge in [0.05, 0.1) is 29.0 Å². The van der Waals surface area contributed by atoms with E-state index in [1.54, 1.807) is 0 Å². The Bertz CT molecular complexity index is 1100. The van der Waals surface area contributed by atoms with Crippen molar-refractivity contribution in [1.82, 2.24) is 0 Å².